The Balaban J connectivity index is 2.01. The first-order chi connectivity index (χ1) is 8.16. The summed E-state index contributed by atoms with van der Waals surface area (Å²) >= 11 is 1.60. The predicted octanol–water partition coefficient (Wildman–Crippen LogP) is 3.13. The first kappa shape index (κ1) is 11.8. The van der Waals surface area contributed by atoms with Crippen LogP contribution in [0.3, 0.4) is 0 Å². The van der Waals surface area contributed by atoms with Gasteiger partial charge in [-0.1, -0.05) is 6.07 Å². The van der Waals surface area contributed by atoms with Crippen LogP contribution >= 0.6 is 11.3 Å². The number of benzene rings is 1. The third-order valence-electron chi connectivity index (χ3n) is 2.46. The van der Waals surface area contributed by atoms with E-state index in [0.29, 0.717) is 12.1 Å². The number of amides is 1. The van der Waals surface area contributed by atoms with Crippen molar-refractivity contribution in [3.8, 4) is 0 Å². The molecule has 2 aromatic rings. The van der Waals surface area contributed by atoms with E-state index in [1.807, 2.05) is 18.4 Å². The van der Waals surface area contributed by atoms with Gasteiger partial charge in [-0.05, 0) is 42.1 Å². The van der Waals surface area contributed by atoms with Gasteiger partial charge in [0.05, 0.1) is 6.54 Å². The number of rotatable bonds is 3. The van der Waals surface area contributed by atoms with Gasteiger partial charge >= 0.3 is 0 Å². The van der Waals surface area contributed by atoms with Crippen molar-refractivity contribution in [3.05, 3.63) is 57.5 Å². The molecule has 0 radical (unpaired) electrons. The molecule has 1 amide bonds. The van der Waals surface area contributed by atoms with Gasteiger partial charge in [0.2, 0.25) is 0 Å². The molecule has 2 nitrogen and oxygen atoms in total. The van der Waals surface area contributed by atoms with Gasteiger partial charge in [-0.2, -0.15) is 0 Å². The monoisotopic (exact) mass is 249 g/mol. The molecule has 88 valence electrons. The van der Waals surface area contributed by atoms with Crippen molar-refractivity contribution in [3.63, 3.8) is 0 Å². The lowest BCUT2D eigenvalue weighted by atomic mass is 10.2. The first-order valence-corrected chi connectivity index (χ1v) is 6.11. The van der Waals surface area contributed by atoms with Crippen molar-refractivity contribution in [1.82, 2.24) is 5.32 Å². The van der Waals surface area contributed by atoms with Crippen LogP contribution in [0.1, 0.15) is 20.8 Å². The van der Waals surface area contributed by atoms with E-state index in [9.17, 15) is 9.18 Å². The molecule has 0 aliphatic rings. The highest BCUT2D eigenvalue weighted by molar-refractivity contribution is 7.10. The largest absolute Gasteiger partial charge is 0.347 e. The Hall–Kier alpha value is -1.68. The van der Waals surface area contributed by atoms with Gasteiger partial charge < -0.3 is 5.32 Å². The van der Waals surface area contributed by atoms with Crippen molar-refractivity contribution >= 4 is 17.2 Å². The molecule has 17 heavy (non-hydrogen) atoms. The number of halogens is 1. The Kier molecular flexibility index (Phi) is 3.54. The molecular formula is C13H12FNOS. The molecule has 0 spiro atoms. The number of nitrogens with one attached hydrogen (secondary N) is 1. The van der Waals surface area contributed by atoms with Crippen molar-refractivity contribution in [1.29, 1.82) is 0 Å². The quantitative estimate of drug-likeness (QED) is 0.889. The fourth-order valence-corrected chi connectivity index (χ4v) is 2.32. The Bertz CT molecular complexity index is 536. The maximum atomic E-state index is 12.9. The van der Waals surface area contributed by atoms with Crippen molar-refractivity contribution in [2.24, 2.45) is 0 Å². The molecule has 1 N–H and O–H groups in total. The lowest BCUT2D eigenvalue weighted by Gasteiger charge is -2.04. The summed E-state index contributed by atoms with van der Waals surface area (Å²) in [5, 5.41) is 4.76. The van der Waals surface area contributed by atoms with E-state index in [1.54, 1.807) is 17.4 Å². The molecule has 0 unspecified atom stereocenters. The van der Waals surface area contributed by atoms with Crippen molar-refractivity contribution in [2.45, 2.75) is 13.5 Å². The molecule has 0 atom stereocenters. The SMILES string of the molecule is Cc1ccsc1CNC(=O)c1cccc(F)c1. The molecule has 0 aliphatic heterocycles. The second-order valence-corrected chi connectivity index (χ2v) is 4.72. The van der Waals surface area contributed by atoms with Crippen LogP contribution in [-0.4, -0.2) is 5.91 Å². The molecule has 0 fully saturated rings. The minimum atomic E-state index is -0.398. The zero-order valence-electron chi connectivity index (χ0n) is 9.37. The van der Waals surface area contributed by atoms with Crippen LogP contribution in [0.15, 0.2) is 35.7 Å². The minimum Gasteiger partial charge on any atom is -0.347 e. The fraction of sp³-hybridized carbons (Fsp3) is 0.154. The van der Waals surface area contributed by atoms with Crippen LogP contribution < -0.4 is 5.32 Å². The van der Waals surface area contributed by atoms with E-state index in [-0.39, 0.29) is 5.91 Å². The molecule has 1 heterocycles. The molecule has 0 saturated heterocycles. The second kappa shape index (κ2) is 5.10. The van der Waals surface area contributed by atoms with Crippen LogP contribution in [0.2, 0.25) is 0 Å². The molecule has 0 aliphatic carbocycles. The van der Waals surface area contributed by atoms with E-state index in [1.165, 1.54) is 18.2 Å². The molecule has 1 aromatic carbocycles. The lowest BCUT2D eigenvalue weighted by Crippen LogP contribution is -2.22. The van der Waals surface area contributed by atoms with Crippen LogP contribution in [0.25, 0.3) is 0 Å². The van der Waals surface area contributed by atoms with E-state index in [0.717, 1.165) is 10.4 Å². The smallest absolute Gasteiger partial charge is 0.251 e. The molecule has 0 saturated carbocycles. The second-order valence-electron chi connectivity index (χ2n) is 3.72. The Labute approximate surface area is 103 Å². The highest BCUT2D eigenvalue weighted by Gasteiger charge is 2.07. The summed E-state index contributed by atoms with van der Waals surface area (Å²) in [6.45, 7) is 2.49. The van der Waals surface area contributed by atoms with Gasteiger partial charge in [0, 0.05) is 10.4 Å². The fourth-order valence-electron chi connectivity index (χ4n) is 1.48. The zero-order chi connectivity index (χ0) is 12.3. The summed E-state index contributed by atoms with van der Waals surface area (Å²) in [4.78, 5) is 12.9. The summed E-state index contributed by atoms with van der Waals surface area (Å²) in [7, 11) is 0. The molecular weight excluding hydrogens is 237 g/mol. The molecule has 0 bridgehead atoms. The number of carbonyl (C=O) groups is 1. The summed E-state index contributed by atoms with van der Waals surface area (Å²) in [6, 6.07) is 7.69. The van der Waals surface area contributed by atoms with Crippen molar-refractivity contribution in [2.75, 3.05) is 0 Å². The van der Waals surface area contributed by atoms with Gasteiger partial charge in [-0.3, -0.25) is 4.79 Å². The summed E-state index contributed by atoms with van der Waals surface area (Å²) in [5.74, 6) is -0.651. The van der Waals surface area contributed by atoms with Gasteiger partial charge in [-0.25, -0.2) is 4.39 Å². The van der Waals surface area contributed by atoms with E-state index < -0.39 is 5.82 Å². The zero-order valence-corrected chi connectivity index (χ0v) is 10.2. The number of carbonyl (C=O) groups excluding carboxylic acids is 1. The third kappa shape index (κ3) is 2.91. The van der Waals surface area contributed by atoms with E-state index >= 15 is 0 Å². The van der Waals surface area contributed by atoms with Gasteiger partial charge in [-0.15, -0.1) is 11.3 Å². The van der Waals surface area contributed by atoms with Crippen LogP contribution in [0, 0.1) is 12.7 Å². The number of aryl methyl sites for hydroxylation is 1. The molecule has 2 rings (SSSR count). The third-order valence-corrected chi connectivity index (χ3v) is 3.49. The normalized spacial score (nSPS) is 10.2. The minimum absolute atomic E-state index is 0.252. The summed E-state index contributed by atoms with van der Waals surface area (Å²) in [5.41, 5.74) is 1.51. The number of hydrogen-bond donors (Lipinski definition) is 1. The average molecular weight is 249 g/mol. The van der Waals surface area contributed by atoms with Crippen LogP contribution in [0.5, 0.6) is 0 Å². The van der Waals surface area contributed by atoms with Crippen molar-refractivity contribution < 1.29 is 9.18 Å². The standard InChI is InChI=1S/C13H12FNOS/c1-9-5-6-17-12(9)8-15-13(16)10-3-2-4-11(14)7-10/h2-7H,8H2,1H3,(H,15,16). The van der Waals surface area contributed by atoms with Crippen LogP contribution in [-0.2, 0) is 6.54 Å². The van der Waals surface area contributed by atoms with Gasteiger partial charge in [0.25, 0.3) is 5.91 Å². The summed E-state index contributed by atoms with van der Waals surface area (Å²) < 4.78 is 12.9. The van der Waals surface area contributed by atoms with Gasteiger partial charge in [0.15, 0.2) is 0 Å². The molecule has 1 aromatic heterocycles. The lowest BCUT2D eigenvalue weighted by molar-refractivity contribution is 0.0951. The first-order valence-electron chi connectivity index (χ1n) is 5.23. The highest BCUT2D eigenvalue weighted by Crippen LogP contribution is 2.15. The number of hydrogen-bond acceptors (Lipinski definition) is 2. The Morgan fingerprint density at radius 1 is 1.41 bits per heavy atom. The van der Waals surface area contributed by atoms with Crippen LogP contribution in [0.4, 0.5) is 4.39 Å². The number of thiophene rings is 1. The highest BCUT2D eigenvalue weighted by atomic mass is 32.1. The average Bonchev–Trinajstić information content (AvgIpc) is 2.72. The Morgan fingerprint density at radius 3 is 2.88 bits per heavy atom. The van der Waals surface area contributed by atoms with E-state index in [2.05, 4.69) is 5.32 Å². The topological polar surface area (TPSA) is 29.1 Å². The maximum Gasteiger partial charge on any atom is 0.251 e. The summed E-state index contributed by atoms with van der Waals surface area (Å²) in [6.07, 6.45) is 0. The maximum absolute atomic E-state index is 12.9. The Morgan fingerprint density at radius 2 is 2.24 bits per heavy atom. The predicted molar refractivity (Wildman–Crippen MR) is 66.6 cm³/mol. The van der Waals surface area contributed by atoms with E-state index in [4.69, 9.17) is 0 Å². The van der Waals surface area contributed by atoms with Gasteiger partial charge in [0.1, 0.15) is 5.82 Å². The molecule has 4 heteroatoms.